The normalized spacial score (nSPS) is 21.3. The predicted octanol–water partition coefficient (Wildman–Crippen LogP) is 4.93. The molecule has 5 atom stereocenters. The average Bonchev–Trinajstić information content (AvgIpc) is 3.03. The number of alkyl halides is 3. The van der Waals surface area contributed by atoms with Crippen LogP contribution in [0.15, 0.2) is 91.0 Å². The number of benzene rings is 3. The third kappa shape index (κ3) is 8.06. The average molecular weight is 665 g/mol. The second-order valence-corrected chi connectivity index (χ2v) is 11.4. The number of carbonyl (C=O) groups excluding carboxylic acids is 4. The van der Waals surface area contributed by atoms with Gasteiger partial charge in [0.15, 0.2) is 18.3 Å². The number of carbonyl (C=O) groups is 4. The van der Waals surface area contributed by atoms with Crippen LogP contribution in [-0.2, 0) is 33.2 Å². The van der Waals surface area contributed by atoms with Gasteiger partial charge in [-0.25, -0.2) is 19.2 Å². The highest BCUT2D eigenvalue weighted by Gasteiger charge is 2.57. The summed E-state index contributed by atoms with van der Waals surface area (Å²) >= 11 is 17.4. The fraction of sp³-hybridized carbons (Fsp3) is 0.233. The van der Waals surface area contributed by atoms with E-state index in [1.807, 2.05) is 0 Å². The number of ether oxygens (including phenoxy) is 6. The lowest BCUT2D eigenvalue weighted by Crippen LogP contribution is -2.64. The van der Waals surface area contributed by atoms with Crippen molar-refractivity contribution < 1.29 is 47.6 Å². The summed E-state index contributed by atoms with van der Waals surface area (Å²) in [5.74, 6) is -4.89. The summed E-state index contributed by atoms with van der Waals surface area (Å²) in [7, 11) is 1.04. The predicted molar refractivity (Wildman–Crippen MR) is 157 cm³/mol. The third-order valence-electron chi connectivity index (χ3n) is 6.18. The maximum atomic E-state index is 13.3. The van der Waals surface area contributed by atoms with Gasteiger partial charge in [-0.2, -0.15) is 0 Å². The van der Waals surface area contributed by atoms with Gasteiger partial charge in [0.1, 0.15) is 0 Å². The smallest absolute Gasteiger partial charge is 0.339 e. The van der Waals surface area contributed by atoms with Gasteiger partial charge < -0.3 is 28.4 Å². The summed E-state index contributed by atoms with van der Waals surface area (Å²) in [5.41, 5.74) is 0.226. The monoisotopic (exact) mass is 663 g/mol. The number of rotatable bonds is 8. The molecule has 230 valence electrons. The van der Waals surface area contributed by atoms with Gasteiger partial charge in [0.05, 0.1) is 23.8 Å². The quantitative estimate of drug-likeness (QED) is 0.116. The Morgan fingerprint density at radius 1 is 0.636 bits per heavy atom. The van der Waals surface area contributed by atoms with Crippen LogP contribution in [0.25, 0.3) is 0 Å². The van der Waals surface area contributed by atoms with Crippen LogP contribution < -0.4 is 0 Å². The molecule has 1 heterocycles. The molecule has 0 spiro atoms. The Balaban J connectivity index is 1.81. The van der Waals surface area contributed by atoms with Crippen LogP contribution >= 0.6 is 34.8 Å². The number of hydrogen-bond acceptors (Lipinski definition) is 11. The van der Waals surface area contributed by atoms with E-state index in [2.05, 4.69) is 0 Å². The number of halogens is 3. The Bertz CT molecular complexity index is 1490. The summed E-state index contributed by atoms with van der Waals surface area (Å²) in [5, 5.41) is 8.10. The van der Waals surface area contributed by atoms with Crippen LogP contribution in [0.3, 0.4) is 0 Å². The number of hydrogen-bond donors (Lipinski definition) is 1. The van der Waals surface area contributed by atoms with Gasteiger partial charge in [-0.1, -0.05) is 89.4 Å². The molecule has 0 unspecified atom stereocenters. The second kappa shape index (κ2) is 14.5. The summed E-state index contributed by atoms with van der Waals surface area (Å²) in [6.45, 7) is 0. The summed E-state index contributed by atoms with van der Waals surface area (Å²) in [4.78, 5) is 52.8. The third-order valence-corrected chi connectivity index (χ3v) is 6.69. The molecule has 1 N–H and O–H groups in total. The Kier molecular flexibility index (Phi) is 10.8. The molecule has 3 aromatic carbocycles. The molecule has 1 saturated heterocycles. The molecule has 14 heteroatoms. The zero-order chi connectivity index (χ0) is 31.9. The lowest BCUT2D eigenvalue weighted by Gasteiger charge is -2.43. The van der Waals surface area contributed by atoms with Crippen molar-refractivity contribution in [3.05, 3.63) is 108 Å². The van der Waals surface area contributed by atoms with Crippen LogP contribution in [0.4, 0.5) is 0 Å². The molecule has 44 heavy (non-hydrogen) atoms. The molecular formula is C30H24Cl3NO10. The molecule has 3 aromatic rings. The minimum Gasteiger partial charge on any atom is -0.467 e. The zero-order valence-electron chi connectivity index (χ0n) is 22.8. The highest BCUT2D eigenvalue weighted by molar-refractivity contribution is 6.76. The Morgan fingerprint density at radius 3 is 1.41 bits per heavy atom. The lowest BCUT2D eigenvalue weighted by molar-refractivity contribution is -0.274. The minimum atomic E-state index is -2.41. The maximum Gasteiger partial charge on any atom is 0.339 e. The fourth-order valence-electron chi connectivity index (χ4n) is 4.08. The SMILES string of the molecule is COC(=O)[C@@H]1O[C@@H](OC(=N)C(Cl)(Cl)Cl)[C@@H](OC(=O)c2ccccc2)[C@H](OC(=O)c2ccccc2)[C@H]1OC(=O)c1ccccc1. The molecule has 0 aromatic heterocycles. The molecule has 11 nitrogen and oxygen atoms in total. The molecule has 1 fully saturated rings. The first-order valence-corrected chi connectivity index (χ1v) is 14.0. The summed E-state index contributed by atoms with van der Waals surface area (Å²) < 4.78 is 30.8. The van der Waals surface area contributed by atoms with Crippen molar-refractivity contribution in [2.24, 2.45) is 0 Å². The Morgan fingerprint density at radius 2 is 1.02 bits per heavy atom. The van der Waals surface area contributed by atoms with E-state index in [9.17, 15) is 19.2 Å². The summed E-state index contributed by atoms with van der Waals surface area (Å²) in [6, 6.07) is 23.1. The molecule has 0 aliphatic carbocycles. The van der Waals surface area contributed by atoms with E-state index in [-0.39, 0.29) is 16.7 Å². The van der Waals surface area contributed by atoms with Gasteiger partial charge in [-0.05, 0) is 36.4 Å². The Hall–Kier alpha value is -4.16. The largest absolute Gasteiger partial charge is 0.467 e. The zero-order valence-corrected chi connectivity index (χ0v) is 25.0. The van der Waals surface area contributed by atoms with Gasteiger partial charge in [-0.3, -0.25) is 5.41 Å². The number of esters is 4. The standard InChI is InChI=1S/C30H24Cl3NO10/c1-39-27(38)22-20(40-24(35)17-11-5-2-6-12-17)21(41-25(36)18-13-7-3-8-14-18)23(28(43-22)44-29(34)30(31,32)33)42-26(37)19-15-9-4-10-16-19/h2-16,20-23,28,34H,1H3/t20-,21-,22-,23+,28+/m1/s1. The van der Waals surface area contributed by atoms with E-state index < -0.39 is 64.3 Å². The van der Waals surface area contributed by atoms with Gasteiger partial charge in [-0.15, -0.1) is 0 Å². The maximum absolute atomic E-state index is 13.3. The van der Waals surface area contributed by atoms with Crippen molar-refractivity contribution in [3.63, 3.8) is 0 Å². The van der Waals surface area contributed by atoms with Crippen molar-refractivity contribution >= 4 is 64.6 Å². The van der Waals surface area contributed by atoms with Crippen molar-refractivity contribution in [2.75, 3.05) is 7.11 Å². The first-order chi connectivity index (χ1) is 21.0. The van der Waals surface area contributed by atoms with E-state index in [1.165, 1.54) is 36.4 Å². The van der Waals surface area contributed by atoms with Crippen molar-refractivity contribution in [3.8, 4) is 0 Å². The molecule has 0 bridgehead atoms. The van der Waals surface area contributed by atoms with Crippen LogP contribution in [0, 0.1) is 5.41 Å². The number of nitrogens with one attached hydrogen (secondary N) is 1. The molecule has 0 saturated carbocycles. The van der Waals surface area contributed by atoms with E-state index >= 15 is 0 Å². The van der Waals surface area contributed by atoms with Crippen LogP contribution in [0.5, 0.6) is 0 Å². The number of methoxy groups -OCH3 is 1. The van der Waals surface area contributed by atoms with Gasteiger partial charge in [0, 0.05) is 0 Å². The van der Waals surface area contributed by atoms with Gasteiger partial charge in [0.2, 0.25) is 18.3 Å². The highest BCUT2D eigenvalue weighted by atomic mass is 35.6. The van der Waals surface area contributed by atoms with Crippen LogP contribution in [0.2, 0.25) is 0 Å². The van der Waals surface area contributed by atoms with Gasteiger partial charge >= 0.3 is 23.9 Å². The molecule has 0 amide bonds. The molecule has 1 aliphatic rings. The fourth-order valence-corrected chi connectivity index (χ4v) is 4.21. The van der Waals surface area contributed by atoms with E-state index in [4.69, 9.17) is 68.6 Å². The molecule has 1 aliphatic heterocycles. The van der Waals surface area contributed by atoms with E-state index in [1.54, 1.807) is 54.6 Å². The molecular weight excluding hydrogens is 641 g/mol. The molecule has 0 radical (unpaired) electrons. The second-order valence-electron chi connectivity index (χ2n) is 9.10. The topological polar surface area (TPSA) is 148 Å². The Labute approximate surface area is 266 Å². The van der Waals surface area contributed by atoms with Crippen molar-refractivity contribution in [2.45, 2.75) is 34.5 Å². The summed E-state index contributed by atoms with van der Waals surface area (Å²) in [6.07, 6.45) is -9.08. The van der Waals surface area contributed by atoms with Crippen LogP contribution in [-0.4, -0.2) is 71.4 Å². The van der Waals surface area contributed by atoms with Crippen molar-refractivity contribution in [1.82, 2.24) is 0 Å². The van der Waals surface area contributed by atoms with E-state index in [0.717, 1.165) is 7.11 Å². The van der Waals surface area contributed by atoms with Gasteiger partial charge in [0.25, 0.3) is 3.79 Å². The van der Waals surface area contributed by atoms with Crippen LogP contribution in [0.1, 0.15) is 31.1 Å². The van der Waals surface area contributed by atoms with Crippen molar-refractivity contribution in [1.29, 1.82) is 5.41 Å². The first kappa shape index (κ1) is 32.7. The highest BCUT2D eigenvalue weighted by Crippen LogP contribution is 2.35. The first-order valence-electron chi connectivity index (χ1n) is 12.8. The minimum absolute atomic E-state index is 0.0707. The lowest BCUT2D eigenvalue weighted by atomic mass is 9.97. The van der Waals surface area contributed by atoms with E-state index in [0.29, 0.717) is 0 Å². The molecule has 4 rings (SSSR count).